The lowest BCUT2D eigenvalue weighted by atomic mass is 10.2. The third-order valence-corrected chi connectivity index (χ3v) is 6.01. The SMILES string of the molecule is Cn1c(=O)c2ccccc2n2c(CCC(=O)N3CCN(c4ccccc4)CC3)nnc12. The van der Waals surface area contributed by atoms with Crippen molar-refractivity contribution < 1.29 is 4.79 Å². The van der Waals surface area contributed by atoms with Crippen LogP contribution in [-0.4, -0.2) is 56.2 Å². The van der Waals surface area contributed by atoms with Crippen molar-refractivity contribution in [2.24, 2.45) is 7.05 Å². The van der Waals surface area contributed by atoms with Gasteiger partial charge in [-0.05, 0) is 24.3 Å². The predicted octanol–water partition coefficient (Wildman–Crippen LogP) is 1.86. The zero-order valence-corrected chi connectivity index (χ0v) is 17.4. The summed E-state index contributed by atoms with van der Waals surface area (Å²) in [6, 6.07) is 17.7. The van der Waals surface area contributed by atoms with E-state index in [4.69, 9.17) is 0 Å². The Labute approximate surface area is 179 Å². The number of amides is 1. The number of aryl methyl sites for hydroxylation is 2. The minimum atomic E-state index is -0.102. The second kappa shape index (κ2) is 7.86. The lowest BCUT2D eigenvalue weighted by Crippen LogP contribution is -2.48. The van der Waals surface area contributed by atoms with Gasteiger partial charge in [0.2, 0.25) is 11.7 Å². The van der Waals surface area contributed by atoms with E-state index in [9.17, 15) is 9.59 Å². The number of para-hydroxylation sites is 2. The number of rotatable bonds is 4. The zero-order chi connectivity index (χ0) is 21.4. The molecule has 0 spiro atoms. The summed E-state index contributed by atoms with van der Waals surface area (Å²) in [5, 5.41) is 9.11. The lowest BCUT2D eigenvalue weighted by molar-refractivity contribution is -0.131. The summed E-state index contributed by atoms with van der Waals surface area (Å²) >= 11 is 0. The van der Waals surface area contributed by atoms with Gasteiger partial charge in [0.1, 0.15) is 5.82 Å². The van der Waals surface area contributed by atoms with Gasteiger partial charge in [-0.15, -0.1) is 10.2 Å². The molecule has 1 saturated heterocycles. The van der Waals surface area contributed by atoms with Crippen LogP contribution >= 0.6 is 0 Å². The second-order valence-electron chi connectivity index (χ2n) is 7.84. The molecule has 0 bridgehead atoms. The third kappa shape index (κ3) is 3.43. The van der Waals surface area contributed by atoms with Crippen molar-refractivity contribution in [3.05, 3.63) is 70.8 Å². The molecule has 1 aliphatic rings. The van der Waals surface area contributed by atoms with Gasteiger partial charge in [-0.3, -0.25) is 18.6 Å². The number of benzene rings is 2. The Bertz CT molecular complexity index is 1300. The van der Waals surface area contributed by atoms with Gasteiger partial charge in [-0.25, -0.2) is 0 Å². The van der Waals surface area contributed by atoms with Crippen LogP contribution in [0.15, 0.2) is 59.4 Å². The highest BCUT2D eigenvalue weighted by molar-refractivity contribution is 5.80. The molecule has 3 heterocycles. The molecule has 4 aromatic rings. The van der Waals surface area contributed by atoms with Gasteiger partial charge in [0, 0.05) is 51.8 Å². The topological polar surface area (TPSA) is 75.7 Å². The van der Waals surface area contributed by atoms with Crippen molar-refractivity contribution in [3.63, 3.8) is 0 Å². The molecule has 31 heavy (non-hydrogen) atoms. The lowest BCUT2D eigenvalue weighted by Gasteiger charge is -2.36. The van der Waals surface area contributed by atoms with Crippen LogP contribution in [0.5, 0.6) is 0 Å². The van der Waals surface area contributed by atoms with E-state index in [0.29, 0.717) is 42.9 Å². The van der Waals surface area contributed by atoms with Gasteiger partial charge in [0.25, 0.3) is 5.56 Å². The molecule has 1 amide bonds. The molecular formula is C23H24N6O2. The van der Waals surface area contributed by atoms with E-state index in [0.717, 1.165) is 18.6 Å². The molecule has 0 N–H and O–H groups in total. The number of hydrogen-bond acceptors (Lipinski definition) is 5. The Kier molecular flexibility index (Phi) is 4.89. The number of piperazine rings is 1. The van der Waals surface area contributed by atoms with Crippen LogP contribution in [0, 0.1) is 0 Å². The van der Waals surface area contributed by atoms with E-state index in [1.807, 2.05) is 45.7 Å². The molecule has 8 nitrogen and oxygen atoms in total. The van der Waals surface area contributed by atoms with E-state index in [-0.39, 0.29) is 11.5 Å². The Morgan fingerprint density at radius 3 is 2.42 bits per heavy atom. The highest BCUT2D eigenvalue weighted by Crippen LogP contribution is 2.17. The van der Waals surface area contributed by atoms with Gasteiger partial charge in [-0.2, -0.15) is 0 Å². The van der Waals surface area contributed by atoms with Crippen molar-refractivity contribution >= 4 is 28.3 Å². The number of carbonyl (C=O) groups is 1. The molecule has 1 aliphatic heterocycles. The quantitative estimate of drug-likeness (QED) is 0.508. The summed E-state index contributed by atoms with van der Waals surface area (Å²) in [7, 11) is 1.69. The number of carbonyl (C=O) groups excluding carboxylic acids is 1. The summed E-state index contributed by atoms with van der Waals surface area (Å²) < 4.78 is 3.39. The molecule has 0 atom stereocenters. The predicted molar refractivity (Wildman–Crippen MR) is 119 cm³/mol. The fourth-order valence-corrected chi connectivity index (χ4v) is 4.28. The maximum atomic E-state index is 12.9. The summed E-state index contributed by atoms with van der Waals surface area (Å²) in [6.45, 7) is 3.09. The largest absolute Gasteiger partial charge is 0.368 e. The first-order valence-electron chi connectivity index (χ1n) is 10.5. The second-order valence-corrected chi connectivity index (χ2v) is 7.84. The average molecular weight is 416 g/mol. The molecule has 8 heteroatoms. The maximum absolute atomic E-state index is 12.9. The van der Waals surface area contributed by atoms with Gasteiger partial charge in [0.05, 0.1) is 10.9 Å². The number of anilines is 1. The molecule has 5 rings (SSSR count). The number of aromatic nitrogens is 4. The molecule has 0 aliphatic carbocycles. The Morgan fingerprint density at radius 1 is 0.935 bits per heavy atom. The van der Waals surface area contributed by atoms with Crippen molar-refractivity contribution in [1.82, 2.24) is 24.1 Å². The van der Waals surface area contributed by atoms with Gasteiger partial charge < -0.3 is 9.80 Å². The van der Waals surface area contributed by atoms with Crippen molar-refractivity contribution in [1.29, 1.82) is 0 Å². The molecule has 0 saturated carbocycles. The fraction of sp³-hybridized carbons (Fsp3) is 0.304. The summed E-state index contributed by atoms with van der Waals surface area (Å²) in [5.74, 6) is 1.30. The Morgan fingerprint density at radius 2 is 1.65 bits per heavy atom. The van der Waals surface area contributed by atoms with E-state index < -0.39 is 0 Å². The third-order valence-electron chi connectivity index (χ3n) is 6.01. The molecular weight excluding hydrogens is 392 g/mol. The van der Waals surface area contributed by atoms with Gasteiger partial charge in [0.15, 0.2) is 0 Å². The van der Waals surface area contributed by atoms with Crippen LogP contribution in [0.3, 0.4) is 0 Å². The van der Waals surface area contributed by atoms with Crippen molar-refractivity contribution in [2.75, 3.05) is 31.1 Å². The first kappa shape index (κ1) is 19.3. The smallest absolute Gasteiger partial charge is 0.262 e. The van der Waals surface area contributed by atoms with E-state index in [2.05, 4.69) is 27.2 Å². The van der Waals surface area contributed by atoms with Crippen LogP contribution in [0.2, 0.25) is 0 Å². The molecule has 1 fully saturated rings. The standard InChI is InChI=1S/C23H24N6O2/c1-26-22(31)18-9-5-6-10-19(18)29-20(24-25-23(26)29)11-12-21(30)28-15-13-27(14-16-28)17-7-3-2-4-8-17/h2-10H,11-16H2,1H3. The van der Waals surface area contributed by atoms with Crippen LogP contribution in [0.1, 0.15) is 12.2 Å². The Balaban J connectivity index is 1.31. The van der Waals surface area contributed by atoms with E-state index >= 15 is 0 Å². The first-order chi connectivity index (χ1) is 15.1. The number of fused-ring (bicyclic) bond motifs is 3. The number of hydrogen-bond donors (Lipinski definition) is 0. The zero-order valence-electron chi connectivity index (χ0n) is 17.4. The van der Waals surface area contributed by atoms with E-state index in [1.165, 1.54) is 10.3 Å². The summed E-state index contributed by atoms with van der Waals surface area (Å²) in [5.41, 5.74) is 1.86. The van der Waals surface area contributed by atoms with Crippen LogP contribution in [0.4, 0.5) is 5.69 Å². The number of nitrogens with zero attached hydrogens (tertiary/aromatic N) is 6. The van der Waals surface area contributed by atoms with Crippen LogP contribution in [-0.2, 0) is 18.3 Å². The highest BCUT2D eigenvalue weighted by atomic mass is 16.2. The van der Waals surface area contributed by atoms with Crippen molar-refractivity contribution in [3.8, 4) is 0 Å². The molecule has 2 aromatic carbocycles. The van der Waals surface area contributed by atoms with E-state index in [1.54, 1.807) is 13.1 Å². The monoisotopic (exact) mass is 416 g/mol. The molecule has 0 unspecified atom stereocenters. The molecule has 2 aromatic heterocycles. The summed E-state index contributed by atoms with van der Waals surface area (Å²) in [6.07, 6.45) is 0.838. The minimum absolute atomic E-state index is 0.102. The van der Waals surface area contributed by atoms with Crippen LogP contribution in [0.25, 0.3) is 16.7 Å². The van der Waals surface area contributed by atoms with Gasteiger partial charge >= 0.3 is 0 Å². The fourth-order valence-electron chi connectivity index (χ4n) is 4.28. The summed E-state index contributed by atoms with van der Waals surface area (Å²) in [4.78, 5) is 29.7. The normalized spacial score (nSPS) is 14.5. The average Bonchev–Trinajstić information content (AvgIpc) is 3.26. The minimum Gasteiger partial charge on any atom is -0.368 e. The first-order valence-corrected chi connectivity index (χ1v) is 10.5. The molecule has 158 valence electrons. The molecule has 0 radical (unpaired) electrons. The van der Waals surface area contributed by atoms with Gasteiger partial charge in [-0.1, -0.05) is 30.3 Å². The maximum Gasteiger partial charge on any atom is 0.262 e. The highest BCUT2D eigenvalue weighted by Gasteiger charge is 2.22. The Hall–Kier alpha value is -3.68. The van der Waals surface area contributed by atoms with Crippen LogP contribution < -0.4 is 10.5 Å². The van der Waals surface area contributed by atoms with Crippen molar-refractivity contribution in [2.45, 2.75) is 12.8 Å².